The van der Waals surface area contributed by atoms with E-state index in [1.807, 2.05) is 18.2 Å². The zero-order valence-corrected chi connectivity index (χ0v) is 8.12. The molecule has 0 aromatic heterocycles. The molecule has 2 aromatic carbocycles. The van der Waals surface area contributed by atoms with Crippen molar-refractivity contribution in [2.45, 2.75) is 0 Å². The molecule has 1 amide bonds. The fourth-order valence-corrected chi connectivity index (χ4v) is 1.42. The van der Waals surface area contributed by atoms with E-state index < -0.39 is 11.0 Å². The molecule has 0 saturated heterocycles. The summed E-state index contributed by atoms with van der Waals surface area (Å²) < 4.78 is 4.65. The summed E-state index contributed by atoms with van der Waals surface area (Å²) in [7, 11) is 0. The van der Waals surface area contributed by atoms with Crippen LogP contribution in [0.2, 0.25) is 0 Å². The van der Waals surface area contributed by atoms with Crippen molar-refractivity contribution in [3.8, 4) is 5.75 Å². The van der Waals surface area contributed by atoms with Crippen molar-refractivity contribution >= 4 is 16.9 Å². The summed E-state index contributed by atoms with van der Waals surface area (Å²) in [6, 6.07) is 12.2. The molecule has 0 atom stereocenters. The van der Waals surface area contributed by atoms with Crippen LogP contribution >= 0.6 is 0 Å². The molecule has 0 aliphatic carbocycles. The van der Waals surface area contributed by atoms with Gasteiger partial charge in [-0.15, -0.1) is 0 Å². The maximum absolute atomic E-state index is 10.8. The Bertz CT molecular complexity index is 559. The smallest absolute Gasteiger partial charge is 0.368 e. The Morgan fingerprint density at radius 1 is 1.12 bits per heavy atom. The van der Waals surface area contributed by atoms with Crippen LogP contribution in [0, 0.1) is 10.1 Å². The normalized spacial score (nSPS) is 10.0. The molecule has 0 saturated carbocycles. The predicted octanol–water partition coefficient (Wildman–Crippen LogP) is 2.62. The second kappa shape index (κ2) is 3.98. The molecule has 0 unspecified atom stereocenters. The van der Waals surface area contributed by atoms with E-state index in [0.717, 1.165) is 5.39 Å². The van der Waals surface area contributed by atoms with Gasteiger partial charge in [-0.3, -0.25) is 10.1 Å². The van der Waals surface area contributed by atoms with E-state index in [4.69, 9.17) is 0 Å². The maximum atomic E-state index is 10.8. The van der Waals surface area contributed by atoms with Crippen molar-refractivity contribution in [2.24, 2.45) is 0 Å². The molecular weight excluding hydrogens is 210 g/mol. The molecule has 0 fully saturated rings. The highest BCUT2D eigenvalue weighted by atomic mass is 16.7. The van der Waals surface area contributed by atoms with Gasteiger partial charge in [0.1, 0.15) is 10.7 Å². The lowest BCUT2D eigenvalue weighted by atomic mass is 10.1. The van der Waals surface area contributed by atoms with E-state index in [2.05, 4.69) is 4.74 Å². The van der Waals surface area contributed by atoms with E-state index >= 15 is 0 Å². The third kappa shape index (κ3) is 1.83. The van der Waals surface area contributed by atoms with Gasteiger partial charge < -0.3 is 4.74 Å². The lowest BCUT2D eigenvalue weighted by molar-refractivity contribution is -0.389. The first-order valence-electron chi connectivity index (χ1n) is 4.52. The van der Waals surface area contributed by atoms with Gasteiger partial charge in [0.15, 0.2) is 0 Å². The number of ether oxygens (including phenoxy) is 1. The Kier molecular flexibility index (Phi) is 2.51. The van der Waals surface area contributed by atoms with Gasteiger partial charge in [0.2, 0.25) is 0 Å². The molecule has 0 heterocycles. The van der Waals surface area contributed by atoms with Gasteiger partial charge in [0.25, 0.3) is 0 Å². The van der Waals surface area contributed by atoms with E-state index in [1.54, 1.807) is 18.2 Å². The number of fused-ring (bicyclic) bond motifs is 1. The zero-order chi connectivity index (χ0) is 11.5. The molecular formula is C11H7NO4. The van der Waals surface area contributed by atoms with Crippen LogP contribution in [-0.4, -0.2) is 11.0 Å². The number of benzene rings is 2. The quantitative estimate of drug-likeness (QED) is 0.543. The van der Waals surface area contributed by atoms with Crippen molar-refractivity contribution in [3.05, 3.63) is 52.6 Å². The van der Waals surface area contributed by atoms with Crippen LogP contribution in [0.25, 0.3) is 10.8 Å². The number of hydrogen-bond acceptors (Lipinski definition) is 4. The summed E-state index contributed by atoms with van der Waals surface area (Å²) in [5.74, 6) is 0.194. The number of carbonyl (C=O) groups excluding carboxylic acids is 1. The van der Waals surface area contributed by atoms with Gasteiger partial charge in [0, 0.05) is 5.39 Å². The van der Waals surface area contributed by atoms with Gasteiger partial charge in [-0.2, -0.15) is 4.79 Å². The van der Waals surface area contributed by atoms with Gasteiger partial charge in [-0.25, -0.2) is 0 Å². The minimum atomic E-state index is -1.48. The van der Waals surface area contributed by atoms with Crippen LogP contribution < -0.4 is 4.74 Å². The summed E-state index contributed by atoms with van der Waals surface area (Å²) in [4.78, 5) is 19.9. The topological polar surface area (TPSA) is 69.4 Å². The van der Waals surface area contributed by atoms with Crippen molar-refractivity contribution in [2.75, 3.05) is 0 Å². The summed E-state index contributed by atoms with van der Waals surface area (Å²) >= 11 is 0. The van der Waals surface area contributed by atoms with Crippen molar-refractivity contribution in [3.63, 3.8) is 0 Å². The molecule has 0 spiro atoms. The highest BCUT2D eigenvalue weighted by molar-refractivity contribution is 5.89. The molecule has 16 heavy (non-hydrogen) atoms. The van der Waals surface area contributed by atoms with E-state index in [9.17, 15) is 14.9 Å². The van der Waals surface area contributed by atoms with Crippen LogP contribution in [0.4, 0.5) is 4.79 Å². The number of carbonyl (C=O) groups is 1. The molecule has 2 rings (SSSR count). The lowest BCUT2D eigenvalue weighted by Gasteiger charge is -2.02. The molecule has 0 bridgehead atoms. The first kappa shape index (κ1) is 10.1. The number of rotatable bonds is 1. The molecule has 5 nitrogen and oxygen atoms in total. The largest absolute Gasteiger partial charge is 0.662 e. The number of nitrogens with zero attached hydrogens (tertiary/aromatic N) is 1. The number of amides is 1. The highest BCUT2D eigenvalue weighted by Gasteiger charge is 2.19. The average molecular weight is 217 g/mol. The zero-order valence-electron chi connectivity index (χ0n) is 8.12. The molecule has 0 N–H and O–H groups in total. The Balaban J connectivity index is 2.45. The highest BCUT2D eigenvalue weighted by Crippen LogP contribution is 2.25. The summed E-state index contributed by atoms with van der Waals surface area (Å²) in [5, 5.41) is 11.7. The third-order valence-electron chi connectivity index (χ3n) is 2.10. The Morgan fingerprint density at radius 2 is 1.81 bits per heavy atom. The molecule has 0 aliphatic heterocycles. The SMILES string of the molecule is O=C(Oc1cccc2ccccc12)[N+](=O)[O-]. The number of nitro groups is 1. The van der Waals surface area contributed by atoms with Crippen molar-refractivity contribution in [1.29, 1.82) is 0 Å². The van der Waals surface area contributed by atoms with E-state index in [-0.39, 0.29) is 5.75 Å². The van der Waals surface area contributed by atoms with Crippen LogP contribution in [0.1, 0.15) is 0 Å². The van der Waals surface area contributed by atoms with Crippen LogP contribution in [0.15, 0.2) is 42.5 Å². The second-order valence-corrected chi connectivity index (χ2v) is 3.10. The second-order valence-electron chi connectivity index (χ2n) is 3.10. The average Bonchev–Trinajstić information content (AvgIpc) is 2.29. The first-order valence-corrected chi connectivity index (χ1v) is 4.52. The summed E-state index contributed by atoms with van der Waals surface area (Å²) in [5.41, 5.74) is 0. The molecule has 0 aliphatic rings. The summed E-state index contributed by atoms with van der Waals surface area (Å²) in [6.45, 7) is 0. The fraction of sp³-hybridized carbons (Fsp3) is 0. The van der Waals surface area contributed by atoms with Crippen LogP contribution in [0.5, 0.6) is 5.75 Å². The summed E-state index contributed by atoms with van der Waals surface area (Å²) in [6.07, 6.45) is -1.48. The van der Waals surface area contributed by atoms with Gasteiger partial charge in [0.05, 0.1) is 0 Å². The van der Waals surface area contributed by atoms with Gasteiger partial charge in [-0.1, -0.05) is 36.4 Å². The molecule has 2 aromatic rings. The van der Waals surface area contributed by atoms with E-state index in [0.29, 0.717) is 5.39 Å². The van der Waals surface area contributed by atoms with Crippen molar-refractivity contribution < 1.29 is 14.5 Å². The minimum Gasteiger partial charge on any atom is -0.368 e. The Morgan fingerprint density at radius 3 is 2.56 bits per heavy atom. The molecule has 0 radical (unpaired) electrons. The van der Waals surface area contributed by atoms with E-state index in [1.165, 1.54) is 6.07 Å². The van der Waals surface area contributed by atoms with Crippen LogP contribution in [0.3, 0.4) is 0 Å². The Labute approximate surface area is 90.4 Å². The third-order valence-corrected chi connectivity index (χ3v) is 2.10. The van der Waals surface area contributed by atoms with Gasteiger partial charge in [-0.05, 0) is 11.5 Å². The van der Waals surface area contributed by atoms with Gasteiger partial charge >= 0.3 is 6.09 Å². The van der Waals surface area contributed by atoms with Crippen molar-refractivity contribution in [1.82, 2.24) is 0 Å². The number of hydrogen-bond donors (Lipinski definition) is 0. The molecule has 5 heteroatoms. The Hall–Kier alpha value is -2.43. The monoisotopic (exact) mass is 217 g/mol. The standard InChI is InChI=1S/C11H7NO4/c13-11(12(14)15)16-10-7-3-5-8-4-1-2-6-9(8)10/h1-7H. The van der Waals surface area contributed by atoms with Crippen LogP contribution in [-0.2, 0) is 0 Å². The molecule has 80 valence electrons. The predicted molar refractivity (Wildman–Crippen MR) is 57.0 cm³/mol. The first-order chi connectivity index (χ1) is 7.68. The fourth-order valence-electron chi connectivity index (χ4n) is 1.42. The lowest BCUT2D eigenvalue weighted by Crippen LogP contribution is -2.16. The minimum absolute atomic E-state index is 0.194. The maximum Gasteiger partial charge on any atom is 0.662 e.